The van der Waals surface area contributed by atoms with Crippen molar-refractivity contribution in [2.75, 3.05) is 5.32 Å². The molecule has 0 radical (unpaired) electrons. The van der Waals surface area contributed by atoms with Crippen molar-refractivity contribution in [1.29, 1.82) is 0 Å². The third kappa shape index (κ3) is 2.81. The Kier molecular flexibility index (Phi) is 3.90. The molecule has 5 nitrogen and oxygen atoms in total. The van der Waals surface area contributed by atoms with Gasteiger partial charge in [0.1, 0.15) is 11.6 Å². The van der Waals surface area contributed by atoms with Crippen LogP contribution in [0.15, 0.2) is 36.7 Å². The van der Waals surface area contributed by atoms with Crippen molar-refractivity contribution in [1.82, 2.24) is 14.1 Å². The molecule has 0 aliphatic heterocycles. The van der Waals surface area contributed by atoms with Gasteiger partial charge in [-0.3, -0.25) is 4.79 Å². The first-order chi connectivity index (χ1) is 12.5. The molecule has 2 aromatic heterocycles. The number of hydrogen-bond acceptors (Lipinski definition) is 2. The molecule has 3 aromatic rings. The molecule has 4 rings (SSSR count). The Bertz CT molecular complexity index is 997. The maximum atomic E-state index is 14.5. The van der Waals surface area contributed by atoms with Crippen LogP contribution in [0.5, 0.6) is 0 Å². The van der Waals surface area contributed by atoms with E-state index in [1.807, 2.05) is 26.8 Å². The van der Waals surface area contributed by atoms with Gasteiger partial charge in [-0.1, -0.05) is 0 Å². The molecule has 1 N–H and O–H groups in total. The quantitative estimate of drug-likeness (QED) is 0.760. The maximum Gasteiger partial charge on any atom is 0.257 e. The highest BCUT2D eigenvalue weighted by Crippen LogP contribution is 2.38. The fourth-order valence-electron chi connectivity index (χ4n) is 3.51. The molecule has 0 atom stereocenters. The van der Waals surface area contributed by atoms with E-state index in [1.165, 1.54) is 6.07 Å². The van der Waals surface area contributed by atoms with Crippen LogP contribution in [0.2, 0.25) is 0 Å². The van der Waals surface area contributed by atoms with Crippen LogP contribution in [-0.2, 0) is 0 Å². The van der Waals surface area contributed by atoms with E-state index in [0.717, 1.165) is 24.2 Å². The number of imidazole rings is 1. The van der Waals surface area contributed by atoms with Crippen LogP contribution in [0.1, 0.15) is 46.5 Å². The fraction of sp³-hybridized carbons (Fsp3) is 0.300. The van der Waals surface area contributed by atoms with E-state index in [0.29, 0.717) is 28.8 Å². The lowest BCUT2D eigenvalue weighted by Gasteiger charge is -2.10. The van der Waals surface area contributed by atoms with Crippen molar-refractivity contribution in [3.05, 3.63) is 65.3 Å². The first-order valence-electron chi connectivity index (χ1n) is 8.75. The average molecular weight is 352 g/mol. The minimum absolute atomic E-state index is 0.212. The summed E-state index contributed by atoms with van der Waals surface area (Å²) in [5.41, 5.74) is 3.54. The van der Waals surface area contributed by atoms with Crippen LogP contribution in [-0.4, -0.2) is 20.0 Å². The van der Waals surface area contributed by atoms with Gasteiger partial charge < -0.3 is 14.5 Å². The normalized spacial score (nSPS) is 13.8. The summed E-state index contributed by atoms with van der Waals surface area (Å²) >= 11 is 0. The molecule has 0 spiro atoms. The van der Waals surface area contributed by atoms with Gasteiger partial charge in [0.15, 0.2) is 0 Å². The highest BCUT2D eigenvalue weighted by Gasteiger charge is 2.28. The van der Waals surface area contributed by atoms with Gasteiger partial charge in [0.2, 0.25) is 0 Å². The zero-order valence-corrected chi connectivity index (χ0v) is 15.1. The van der Waals surface area contributed by atoms with Crippen LogP contribution < -0.4 is 5.32 Å². The van der Waals surface area contributed by atoms with Gasteiger partial charge in [-0.15, -0.1) is 0 Å². The smallest absolute Gasteiger partial charge is 0.257 e. The van der Waals surface area contributed by atoms with Crippen LogP contribution >= 0.6 is 0 Å². The van der Waals surface area contributed by atoms with Gasteiger partial charge >= 0.3 is 0 Å². The SMILES string of the molecule is Cc1nccn1-c1ccc(NC(=O)c2cc(C)n(C3CC3)c2C)cc1F. The number of halogens is 1. The predicted octanol–water partition coefficient (Wildman–Crippen LogP) is 4.33. The van der Waals surface area contributed by atoms with Crippen molar-refractivity contribution < 1.29 is 9.18 Å². The zero-order valence-electron chi connectivity index (χ0n) is 15.1. The molecule has 2 heterocycles. The lowest BCUT2D eigenvalue weighted by molar-refractivity contribution is 0.102. The summed E-state index contributed by atoms with van der Waals surface area (Å²) in [6, 6.07) is 7.12. The van der Waals surface area contributed by atoms with E-state index in [9.17, 15) is 9.18 Å². The van der Waals surface area contributed by atoms with E-state index in [2.05, 4.69) is 14.9 Å². The number of nitrogens with zero attached hydrogens (tertiary/aromatic N) is 3. The van der Waals surface area contributed by atoms with Gasteiger partial charge in [0.05, 0.1) is 11.3 Å². The number of carbonyl (C=O) groups is 1. The van der Waals surface area contributed by atoms with E-state index in [1.54, 1.807) is 29.1 Å². The summed E-state index contributed by atoms with van der Waals surface area (Å²) in [7, 11) is 0. The van der Waals surface area contributed by atoms with Gasteiger partial charge in [-0.25, -0.2) is 9.37 Å². The number of aromatic nitrogens is 3. The average Bonchev–Trinajstić information content (AvgIpc) is 3.26. The molecule has 1 fully saturated rings. The molecule has 134 valence electrons. The second-order valence-electron chi connectivity index (χ2n) is 6.85. The molecule has 0 bridgehead atoms. The molecule has 0 saturated heterocycles. The Morgan fingerprint density at radius 2 is 2.00 bits per heavy atom. The van der Waals surface area contributed by atoms with E-state index in [-0.39, 0.29) is 5.91 Å². The number of nitrogens with one attached hydrogen (secondary N) is 1. The highest BCUT2D eigenvalue weighted by molar-refractivity contribution is 6.05. The summed E-state index contributed by atoms with van der Waals surface area (Å²) < 4.78 is 18.4. The maximum absolute atomic E-state index is 14.5. The molecule has 1 aromatic carbocycles. The number of benzene rings is 1. The summed E-state index contributed by atoms with van der Waals surface area (Å²) in [4.78, 5) is 16.8. The van der Waals surface area contributed by atoms with Crippen molar-refractivity contribution in [3.8, 4) is 5.69 Å². The fourth-order valence-corrected chi connectivity index (χ4v) is 3.51. The molecule has 26 heavy (non-hydrogen) atoms. The molecule has 0 unspecified atom stereocenters. The molecule has 1 amide bonds. The monoisotopic (exact) mass is 352 g/mol. The van der Waals surface area contributed by atoms with Crippen molar-refractivity contribution in [3.63, 3.8) is 0 Å². The second kappa shape index (κ2) is 6.12. The van der Waals surface area contributed by atoms with Gasteiger partial charge in [0, 0.05) is 35.5 Å². The van der Waals surface area contributed by atoms with E-state index in [4.69, 9.17) is 0 Å². The van der Waals surface area contributed by atoms with Crippen molar-refractivity contribution in [2.24, 2.45) is 0 Å². The number of carbonyl (C=O) groups excluding carboxylic acids is 1. The Morgan fingerprint density at radius 3 is 2.62 bits per heavy atom. The molecular formula is C20H21FN4O. The first kappa shape index (κ1) is 16.6. The number of anilines is 1. The lowest BCUT2D eigenvalue weighted by Crippen LogP contribution is -2.13. The van der Waals surface area contributed by atoms with Crippen LogP contribution in [0.3, 0.4) is 0 Å². The summed E-state index contributed by atoms with van der Waals surface area (Å²) in [6.45, 7) is 5.79. The van der Waals surface area contributed by atoms with Gasteiger partial charge in [-0.2, -0.15) is 0 Å². The Hall–Kier alpha value is -2.89. The van der Waals surface area contributed by atoms with Crippen molar-refractivity contribution >= 4 is 11.6 Å². The van der Waals surface area contributed by atoms with Gasteiger partial charge in [0.25, 0.3) is 5.91 Å². The van der Waals surface area contributed by atoms with E-state index >= 15 is 0 Å². The van der Waals surface area contributed by atoms with E-state index < -0.39 is 5.82 Å². The summed E-state index contributed by atoms with van der Waals surface area (Å²) in [5, 5.41) is 2.81. The third-order valence-corrected chi connectivity index (χ3v) is 4.93. The standard InChI is InChI=1S/C20H21FN4O/c1-12-10-17(13(2)25(12)16-5-6-16)20(26)23-15-4-7-19(18(21)11-15)24-9-8-22-14(24)3/h4,7-11,16H,5-6H2,1-3H3,(H,23,26). The number of aryl methyl sites for hydroxylation is 2. The summed E-state index contributed by atoms with van der Waals surface area (Å²) in [5.74, 6) is 0.0801. The number of rotatable bonds is 4. The number of hydrogen-bond donors (Lipinski definition) is 1. The minimum Gasteiger partial charge on any atom is -0.345 e. The summed E-state index contributed by atoms with van der Waals surface area (Å²) in [6.07, 6.45) is 5.66. The molecule has 1 saturated carbocycles. The third-order valence-electron chi connectivity index (χ3n) is 4.93. The molecule has 6 heteroatoms. The Labute approximate surface area is 151 Å². The van der Waals surface area contributed by atoms with Crippen LogP contribution in [0.25, 0.3) is 5.69 Å². The van der Waals surface area contributed by atoms with Crippen LogP contribution in [0.4, 0.5) is 10.1 Å². The highest BCUT2D eigenvalue weighted by atomic mass is 19.1. The first-order valence-corrected chi connectivity index (χ1v) is 8.75. The molecular weight excluding hydrogens is 331 g/mol. The number of amides is 1. The van der Waals surface area contributed by atoms with Gasteiger partial charge in [-0.05, 0) is 57.9 Å². The Morgan fingerprint density at radius 1 is 1.23 bits per heavy atom. The minimum atomic E-state index is -0.410. The molecule has 1 aliphatic carbocycles. The van der Waals surface area contributed by atoms with Crippen LogP contribution in [0, 0.1) is 26.6 Å². The van der Waals surface area contributed by atoms with Crippen molar-refractivity contribution in [2.45, 2.75) is 39.7 Å². The Balaban J connectivity index is 1.58. The lowest BCUT2D eigenvalue weighted by atomic mass is 10.2. The largest absolute Gasteiger partial charge is 0.345 e. The topological polar surface area (TPSA) is 51.9 Å². The molecule has 1 aliphatic rings. The predicted molar refractivity (Wildman–Crippen MR) is 98.4 cm³/mol. The zero-order chi connectivity index (χ0) is 18.4. The second-order valence-corrected chi connectivity index (χ2v) is 6.85.